The molecule has 0 aliphatic heterocycles. The van der Waals surface area contributed by atoms with Crippen LogP contribution in [-0.4, -0.2) is 39.5 Å². The van der Waals surface area contributed by atoms with E-state index in [2.05, 4.69) is 9.50 Å². The minimum absolute atomic E-state index is 0.00264. The molecule has 1 N–H and O–H groups in total. The van der Waals surface area contributed by atoms with Gasteiger partial charge in [-0.05, 0) is 25.8 Å². The van der Waals surface area contributed by atoms with Crippen LogP contribution in [0.5, 0.6) is 0 Å². The molecule has 0 aromatic rings. The van der Waals surface area contributed by atoms with Crippen LogP contribution in [0.1, 0.15) is 19.8 Å². The summed E-state index contributed by atoms with van der Waals surface area (Å²) in [4.78, 5) is 21.8. The van der Waals surface area contributed by atoms with Gasteiger partial charge in [0.25, 0.3) is 10.1 Å². The van der Waals surface area contributed by atoms with Crippen molar-refractivity contribution in [2.75, 3.05) is 12.9 Å². The fourth-order valence-corrected chi connectivity index (χ4v) is 1.49. The third kappa shape index (κ3) is 9.70. The summed E-state index contributed by atoms with van der Waals surface area (Å²) in [6, 6.07) is -0.623. The molecule has 1 unspecified atom stereocenters. The van der Waals surface area contributed by atoms with E-state index in [0.717, 1.165) is 6.26 Å². The molecule has 0 saturated carbocycles. The van der Waals surface area contributed by atoms with E-state index in [-0.39, 0.29) is 12.5 Å². The van der Waals surface area contributed by atoms with Gasteiger partial charge in [0.05, 0.1) is 18.9 Å². The summed E-state index contributed by atoms with van der Waals surface area (Å²) in [5.41, 5.74) is 0. The van der Waals surface area contributed by atoms with Gasteiger partial charge < -0.3 is 10.1 Å². The Hall–Kier alpha value is -1.21. The van der Waals surface area contributed by atoms with Crippen LogP contribution < -0.4 is 5.32 Å². The predicted molar refractivity (Wildman–Crippen MR) is 62.8 cm³/mol. The first kappa shape index (κ1) is 15.8. The van der Waals surface area contributed by atoms with Crippen molar-refractivity contribution >= 4 is 22.3 Å². The number of amides is 1. The summed E-state index contributed by atoms with van der Waals surface area (Å²) in [6.07, 6.45) is 5.14. The van der Waals surface area contributed by atoms with Gasteiger partial charge in [-0.1, -0.05) is 6.08 Å². The lowest BCUT2D eigenvalue weighted by molar-refractivity contribution is -0.120. The summed E-state index contributed by atoms with van der Waals surface area (Å²) >= 11 is 0. The van der Waals surface area contributed by atoms with Crippen LogP contribution in [0.2, 0.25) is 0 Å². The second kappa shape index (κ2) is 7.97. The molecule has 0 aliphatic rings. The molecule has 0 saturated heterocycles. The van der Waals surface area contributed by atoms with Gasteiger partial charge in [0.2, 0.25) is 5.91 Å². The van der Waals surface area contributed by atoms with E-state index in [1.165, 1.54) is 6.08 Å². The van der Waals surface area contributed by atoms with Crippen LogP contribution in [0.15, 0.2) is 12.2 Å². The largest absolute Gasteiger partial charge is 0.343 e. The number of carbonyl (C=O) groups is 2. The van der Waals surface area contributed by atoms with E-state index in [1.807, 2.05) is 0 Å². The Balaban J connectivity index is 3.91. The molecule has 17 heavy (non-hydrogen) atoms. The number of nitrogens with one attached hydrogen (secondary N) is 1. The molecule has 7 heteroatoms. The number of hydrogen-bond donors (Lipinski definition) is 1. The first-order valence-corrected chi connectivity index (χ1v) is 6.93. The first-order valence-electron chi connectivity index (χ1n) is 5.12. The summed E-state index contributed by atoms with van der Waals surface area (Å²) < 4.78 is 25.8. The van der Waals surface area contributed by atoms with Gasteiger partial charge in [0, 0.05) is 0 Å². The van der Waals surface area contributed by atoms with Crippen molar-refractivity contribution in [3.05, 3.63) is 12.2 Å². The molecule has 0 fully saturated rings. The highest BCUT2D eigenvalue weighted by Crippen LogP contribution is 1.98. The van der Waals surface area contributed by atoms with Crippen molar-refractivity contribution in [1.82, 2.24) is 5.32 Å². The number of allylic oxidation sites excluding steroid dienone is 1. The summed E-state index contributed by atoms with van der Waals surface area (Å²) in [5.74, 6) is -0.353. The molecule has 0 bridgehead atoms. The van der Waals surface area contributed by atoms with Gasteiger partial charge in [-0.3, -0.25) is 8.98 Å². The fraction of sp³-hybridized carbons (Fsp3) is 0.600. The first-order chi connectivity index (χ1) is 7.89. The van der Waals surface area contributed by atoms with Crippen LogP contribution in [0.4, 0.5) is 0 Å². The SMILES string of the molecule is CC=CC(=O)NC(C=O)CCCOS(C)(=O)=O. The monoisotopic (exact) mass is 263 g/mol. The van der Waals surface area contributed by atoms with Gasteiger partial charge in [-0.25, -0.2) is 0 Å². The van der Waals surface area contributed by atoms with Gasteiger partial charge in [-0.2, -0.15) is 8.42 Å². The zero-order chi connectivity index (χ0) is 13.3. The Morgan fingerprint density at radius 1 is 1.47 bits per heavy atom. The highest BCUT2D eigenvalue weighted by Gasteiger charge is 2.09. The average Bonchev–Trinajstić information content (AvgIpc) is 2.21. The van der Waals surface area contributed by atoms with Crippen molar-refractivity contribution in [2.24, 2.45) is 0 Å². The van der Waals surface area contributed by atoms with Gasteiger partial charge in [0.1, 0.15) is 6.29 Å². The Labute approximate surface area is 101 Å². The Kier molecular flexibility index (Phi) is 7.40. The minimum atomic E-state index is -3.45. The molecule has 0 heterocycles. The van der Waals surface area contributed by atoms with E-state index in [0.29, 0.717) is 19.1 Å². The summed E-state index contributed by atoms with van der Waals surface area (Å²) in [7, 11) is -3.45. The van der Waals surface area contributed by atoms with Crippen LogP contribution in [0, 0.1) is 0 Å². The average molecular weight is 263 g/mol. The van der Waals surface area contributed by atoms with E-state index in [1.54, 1.807) is 13.0 Å². The van der Waals surface area contributed by atoms with Crippen molar-refractivity contribution in [3.8, 4) is 0 Å². The standard InChI is InChI=1S/C10H17NO5S/c1-3-5-10(13)11-9(8-12)6-4-7-16-17(2,14)15/h3,5,8-9H,4,6-7H2,1-2H3,(H,11,13). The second-order valence-corrected chi connectivity index (χ2v) is 5.06. The highest BCUT2D eigenvalue weighted by atomic mass is 32.2. The minimum Gasteiger partial charge on any atom is -0.343 e. The van der Waals surface area contributed by atoms with Gasteiger partial charge in [-0.15, -0.1) is 0 Å². The van der Waals surface area contributed by atoms with Crippen LogP contribution in [0.3, 0.4) is 0 Å². The number of rotatable bonds is 8. The maximum Gasteiger partial charge on any atom is 0.264 e. The smallest absolute Gasteiger partial charge is 0.264 e. The molecule has 1 atom stereocenters. The predicted octanol–water partition coefficient (Wildman–Crippen LogP) is 0.00260. The lowest BCUT2D eigenvalue weighted by Crippen LogP contribution is -2.35. The number of carbonyl (C=O) groups excluding carboxylic acids is 2. The molecule has 0 aliphatic carbocycles. The van der Waals surface area contributed by atoms with E-state index in [9.17, 15) is 18.0 Å². The summed E-state index contributed by atoms with van der Waals surface area (Å²) in [6.45, 7) is 1.69. The third-order valence-corrected chi connectivity index (χ3v) is 2.36. The normalized spacial score (nSPS) is 13.5. The van der Waals surface area contributed by atoms with Crippen LogP contribution >= 0.6 is 0 Å². The van der Waals surface area contributed by atoms with Crippen molar-refractivity contribution in [1.29, 1.82) is 0 Å². The number of aldehydes is 1. The molecule has 6 nitrogen and oxygen atoms in total. The highest BCUT2D eigenvalue weighted by molar-refractivity contribution is 7.85. The Morgan fingerprint density at radius 3 is 2.59 bits per heavy atom. The summed E-state index contributed by atoms with van der Waals surface area (Å²) in [5, 5.41) is 2.47. The lowest BCUT2D eigenvalue weighted by atomic mass is 10.2. The molecule has 0 aromatic carbocycles. The molecule has 0 radical (unpaired) electrons. The molecule has 0 aromatic heterocycles. The van der Waals surface area contributed by atoms with Crippen molar-refractivity contribution in [3.63, 3.8) is 0 Å². The van der Waals surface area contributed by atoms with E-state index >= 15 is 0 Å². The molecular formula is C10H17NO5S. The number of hydrogen-bond acceptors (Lipinski definition) is 5. The third-order valence-electron chi connectivity index (χ3n) is 1.77. The fourth-order valence-electron chi connectivity index (χ4n) is 1.07. The van der Waals surface area contributed by atoms with Crippen molar-refractivity contribution < 1.29 is 22.2 Å². The Morgan fingerprint density at radius 2 is 2.12 bits per heavy atom. The van der Waals surface area contributed by atoms with E-state index < -0.39 is 16.2 Å². The zero-order valence-electron chi connectivity index (χ0n) is 9.88. The van der Waals surface area contributed by atoms with Crippen LogP contribution in [0.25, 0.3) is 0 Å². The van der Waals surface area contributed by atoms with E-state index in [4.69, 9.17) is 0 Å². The maximum atomic E-state index is 11.1. The maximum absolute atomic E-state index is 11.1. The van der Waals surface area contributed by atoms with Crippen LogP contribution in [-0.2, 0) is 23.9 Å². The quantitative estimate of drug-likeness (QED) is 0.288. The second-order valence-electron chi connectivity index (χ2n) is 3.42. The molecule has 98 valence electrons. The van der Waals surface area contributed by atoms with Gasteiger partial charge >= 0.3 is 0 Å². The molecular weight excluding hydrogens is 246 g/mol. The van der Waals surface area contributed by atoms with Crippen molar-refractivity contribution in [2.45, 2.75) is 25.8 Å². The molecule has 0 spiro atoms. The Bertz CT molecular complexity index is 374. The van der Waals surface area contributed by atoms with Gasteiger partial charge in [0.15, 0.2) is 0 Å². The molecule has 1 amide bonds. The topological polar surface area (TPSA) is 89.5 Å². The lowest BCUT2D eigenvalue weighted by Gasteiger charge is -2.10. The zero-order valence-corrected chi connectivity index (χ0v) is 10.7. The molecule has 0 rings (SSSR count).